The molecule has 0 N–H and O–H groups in total. The monoisotopic (exact) mass is 441 g/mol. The second-order valence-electron chi connectivity index (χ2n) is 6.85. The van der Waals surface area contributed by atoms with Crippen LogP contribution >= 0.6 is 11.6 Å². The number of sulfonamides is 1. The fourth-order valence-electron chi connectivity index (χ4n) is 3.21. The zero-order chi connectivity index (χ0) is 21.0. The van der Waals surface area contributed by atoms with Crippen molar-refractivity contribution in [2.24, 2.45) is 0 Å². The number of halogens is 1. The number of aromatic nitrogens is 2. The van der Waals surface area contributed by atoms with Crippen LogP contribution in [0, 0.1) is 0 Å². The summed E-state index contributed by atoms with van der Waals surface area (Å²) in [6.45, 7) is 0.473. The molecule has 1 aliphatic heterocycles. The van der Waals surface area contributed by atoms with Gasteiger partial charge in [-0.15, -0.1) is 0 Å². The van der Waals surface area contributed by atoms with Crippen molar-refractivity contribution in [2.75, 3.05) is 13.2 Å². The third kappa shape index (κ3) is 4.70. The van der Waals surface area contributed by atoms with Gasteiger partial charge >= 0.3 is 0 Å². The smallest absolute Gasteiger partial charge is 0.242 e. The maximum atomic E-state index is 13.5. The Balaban J connectivity index is 1.64. The molecule has 0 fully saturated rings. The van der Waals surface area contributed by atoms with E-state index in [-0.39, 0.29) is 24.6 Å². The Morgan fingerprint density at radius 1 is 1.10 bits per heavy atom. The number of hydrogen-bond donors (Lipinski definition) is 0. The Morgan fingerprint density at radius 2 is 2.00 bits per heavy atom. The molecule has 8 heteroatoms. The lowest BCUT2D eigenvalue weighted by molar-refractivity contribution is 0.347. The van der Waals surface area contributed by atoms with Crippen molar-refractivity contribution in [2.45, 2.75) is 13.0 Å². The van der Waals surface area contributed by atoms with E-state index in [0.717, 1.165) is 11.3 Å². The Kier molecular flexibility index (Phi) is 6.13. The molecule has 0 atom stereocenters. The highest BCUT2D eigenvalue weighted by molar-refractivity contribution is 7.93. The van der Waals surface area contributed by atoms with Crippen molar-refractivity contribution in [3.63, 3.8) is 0 Å². The van der Waals surface area contributed by atoms with E-state index in [0.29, 0.717) is 22.8 Å². The molecule has 4 rings (SSSR count). The van der Waals surface area contributed by atoms with Crippen molar-refractivity contribution >= 4 is 27.7 Å². The molecule has 0 aliphatic carbocycles. The van der Waals surface area contributed by atoms with Gasteiger partial charge in [0.2, 0.25) is 10.0 Å². The van der Waals surface area contributed by atoms with Crippen LogP contribution in [0.2, 0.25) is 5.02 Å². The maximum Gasteiger partial charge on any atom is 0.242 e. The van der Waals surface area contributed by atoms with Crippen LogP contribution in [-0.4, -0.2) is 35.8 Å². The minimum Gasteiger partial charge on any atom is -0.487 e. The number of hydrogen-bond acceptors (Lipinski definition) is 5. The second kappa shape index (κ2) is 8.95. The van der Waals surface area contributed by atoms with Crippen LogP contribution in [0.3, 0.4) is 0 Å². The summed E-state index contributed by atoms with van der Waals surface area (Å²) in [6, 6.07) is 14.4. The topological polar surface area (TPSA) is 72.4 Å². The molecule has 0 saturated carbocycles. The quantitative estimate of drug-likeness (QED) is 0.555. The summed E-state index contributed by atoms with van der Waals surface area (Å²) >= 11 is 6.07. The van der Waals surface area contributed by atoms with E-state index in [4.69, 9.17) is 16.3 Å². The molecule has 0 radical (unpaired) electrons. The van der Waals surface area contributed by atoms with E-state index in [9.17, 15) is 8.42 Å². The van der Waals surface area contributed by atoms with E-state index in [1.54, 1.807) is 48.9 Å². The van der Waals surface area contributed by atoms with Crippen LogP contribution in [-0.2, 0) is 23.0 Å². The van der Waals surface area contributed by atoms with Gasteiger partial charge in [-0.2, -0.15) is 4.31 Å². The molecule has 1 aliphatic rings. The molecule has 3 aromatic rings. The minimum atomic E-state index is -3.78. The summed E-state index contributed by atoms with van der Waals surface area (Å²) < 4.78 is 34.2. The molecule has 6 nitrogen and oxygen atoms in total. The highest BCUT2D eigenvalue weighted by atomic mass is 35.5. The molecule has 0 spiro atoms. The van der Waals surface area contributed by atoms with Gasteiger partial charge in [-0.3, -0.25) is 9.97 Å². The van der Waals surface area contributed by atoms with Crippen LogP contribution in [0.15, 0.2) is 72.0 Å². The average Bonchev–Trinajstić information content (AvgIpc) is 2.77. The van der Waals surface area contributed by atoms with Crippen molar-refractivity contribution in [3.05, 3.63) is 93.9 Å². The first-order chi connectivity index (χ1) is 14.5. The third-order valence-electron chi connectivity index (χ3n) is 4.75. The summed E-state index contributed by atoms with van der Waals surface area (Å²) in [6.07, 6.45) is 7.17. The van der Waals surface area contributed by atoms with Crippen molar-refractivity contribution < 1.29 is 13.2 Å². The molecule has 0 unspecified atom stereocenters. The Labute approximate surface area is 180 Å². The highest BCUT2D eigenvalue weighted by Gasteiger charge is 2.30. The summed E-state index contributed by atoms with van der Waals surface area (Å²) in [4.78, 5) is 8.60. The molecule has 0 amide bonds. The first-order valence-corrected chi connectivity index (χ1v) is 11.3. The second-order valence-corrected chi connectivity index (χ2v) is 9.28. The average molecular weight is 442 g/mol. The third-order valence-corrected chi connectivity index (χ3v) is 6.88. The van der Waals surface area contributed by atoms with Crippen molar-refractivity contribution in [3.8, 4) is 5.75 Å². The van der Waals surface area contributed by atoms with Gasteiger partial charge < -0.3 is 4.74 Å². The SMILES string of the molecule is O=S(=O)(C1=Cc2cc(Cl)ccc2OC1)N(CCc1ccccn1)Cc1cccnc1. The Morgan fingerprint density at radius 3 is 2.77 bits per heavy atom. The van der Waals surface area contributed by atoms with Gasteiger partial charge in [0.15, 0.2) is 0 Å². The van der Waals surface area contributed by atoms with Gasteiger partial charge in [-0.1, -0.05) is 23.7 Å². The zero-order valence-electron chi connectivity index (χ0n) is 16.1. The number of pyridine rings is 2. The highest BCUT2D eigenvalue weighted by Crippen LogP contribution is 2.32. The van der Waals surface area contributed by atoms with Gasteiger partial charge in [0.05, 0.1) is 4.91 Å². The van der Waals surface area contributed by atoms with Crippen LogP contribution in [0.5, 0.6) is 5.75 Å². The summed E-state index contributed by atoms with van der Waals surface area (Å²) in [7, 11) is -3.78. The standard InChI is InChI=1S/C22H20ClN3O3S/c23-19-6-7-22-18(12-19)13-21(16-29-22)30(27,28)26(15-17-4-3-9-24-14-17)11-8-20-5-1-2-10-25-20/h1-7,9-10,12-14H,8,11,15-16H2. The number of nitrogens with zero attached hydrogens (tertiary/aromatic N) is 3. The molecule has 0 saturated heterocycles. The number of fused-ring (bicyclic) bond motifs is 1. The van der Waals surface area contributed by atoms with E-state index in [1.165, 1.54) is 4.31 Å². The van der Waals surface area contributed by atoms with Gasteiger partial charge in [-0.25, -0.2) is 8.42 Å². The largest absolute Gasteiger partial charge is 0.487 e. The number of rotatable bonds is 7. The van der Waals surface area contributed by atoms with Gasteiger partial charge in [-0.05, 0) is 48.0 Å². The number of ether oxygens (including phenoxy) is 1. The minimum absolute atomic E-state index is 0.0237. The number of benzene rings is 1. The van der Waals surface area contributed by atoms with Crippen molar-refractivity contribution in [1.82, 2.24) is 14.3 Å². The van der Waals surface area contributed by atoms with Crippen molar-refractivity contribution in [1.29, 1.82) is 0 Å². The van der Waals surface area contributed by atoms with Crippen LogP contribution in [0.25, 0.3) is 6.08 Å². The van der Waals surface area contributed by atoms with Crippen LogP contribution in [0.1, 0.15) is 16.8 Å². The van der Waals surface area contributed by atoms with Gasteiger partial charge in [0, 0.05) is 54.4 Å². The summed E-state index contributed by atoms with van der Waals surface area (Å²) in [5.74, 6) is 0.616. The van der Waals surface area contributed by atoms with E-state index in [1.807, 2.05) is 24.3 Å². The Bertz CT molecular complexity index is 1150. The molecule has 154 valence electrons. The molecular weight excluding hydrogens is 422 g/mol. The van der Waals surface area contributed by atoms with E-state index < -0.39 is 10.0 Å². The normalized spacial score (nSPS) is 13.5. The molecule has 1 aromatic carbocycles. The molecule has 30 heavy (non-hydrogen) atoms. The lowest BCUT2D eigenvalue weighted by Gasteiger charge is -2.26. The predicted octanol–water partition coefficient (Wildman–Crippen LogP) is 3.94. The molecular formula is C22H20ClN3O3S. The van der Waals surface area contributed by atoms with Crippen LogP contribution < -0.4 is 4.74 Å². The predicted molar refractivity (Wildman–Crippen MR) is 116 cm³/mol. The van der Waals surface area contributed by atoms with Crippen LogP contribution in [0.4, 0.5) is 0 Å². The van der Waals surface area contributed by atoms with E-state index >= 15 is 0 Å². The lowest BCUT2D eigenvalue weighted by Crippen LogP contribution is -2.35. The van der Waals surface area contributed by atoms with Gasteiger partial charge in [0.25, 0.3) is 0 Å². The molecule has 2 aromatic heterocycles. The summed E-state index contributed by atoms with van der Waals surface area (Å²) in [5.41, 5.74) is 2.29. The fourth-order valence-corrected chi connectivity index (χ4v) is 4.85. The first-order valence-electron chi connectivity index (χ1n) is 9.44. The molecule has 3 heterocycles. The first kappa shape index (κ1) is 20.5. The fraction of sp³-hybridized carbons (Fsp3) is 0.182. The summed E-state index contributed by atoms with van der Waals surface area (Å²) in [5, 5.41) is 0.523. The van der Waals surface area contributed by atoms with Gasteiger partial charge in [0.1, 0.15) is 12.4 Å². The van der Waals surface area contributed by atoms with E-state index in [2.05, 4.69) is 9.97 Å². The zero-order valence-corrected chi connectivity index (χ0v) is 17.7. The Hall–Kier alpha value is -2.74. The lowest BCUT2D eigenvalue weighted by atomic mass is 10.1. The molecule has 0 bridgehead atoms. The maximum absolute atomic E-state index is 13.5.